The highest BCUT2D eigenvalue weighted by Gasteiger charge is 2.16. The topological polar surface area (TPSA) is 101 Å². The standard InChI is InChI=1S/C26H29N7O2/c1-18-19(2)29-23-7-6-21(15-22(18)23)32-28-17-24-30-25(33-10-13-34-14-11-33)16-26(31-24)35-12-8-20-5-3-4-9-27-20/h3-7,9,15-16,29H,8,10-14,17H2,1-2H3. The highest BCUT2D eigenvalue weighted by atomic mass is 16.5. The zero-order valence-electron chi connectivity index (χ0n) is 20.1. The fourth-order valence-electron chi connectivity index (χ4n) is 4.06. The van der Waals surface area contributed by atoms with Crippen molar-refractivity contribution in [1.29, 1.82) is 0 Å². The second-order valence-electron chi connectivity index (χ2n) is 8.50. The first-order chi connectivity index (χ1) is 17.2. The lowest BCUT2D eigenvalue weighted by Crippen LogP contribution is -2.37. The monoisotopic (exact) mass is 471 g/mol. The van der Waals surface area contributed by atoms with Crippen molar-refractivity contribution in [1.82, 2.24) is 19.9 Å². The van der Waals surface area contributed by atoms with Crippen LogP contribution >= 0.6 is 0 Å². The third-order valence-electron chi connectivity index (χ3n) is 6.09. The smallest absolute Gasteiger partial charge is 0.218 e. The van der Waals surface area contributed by atoms with Gasteiger partial charge >= 0.3 is 0 Å². The van der Waals surface area contributed by atoms with E-state index in [9.17, 15) is 0 Å². The number of aromatic nitrogens is 4. The van der Waals surface area contributed by atoms with E-state index in [1.54, 1.807) is 6.20 Å². The molecule has 9 nitrogen and oxygen atoms in total. The Hall–Kier alpha value is -3.85. The summed E-state index contributed by atoms with van der Waals surface area (Å²) in [4.78, 5) is 19.2. The van der Waals surface area contributed by atoms with E-state index in [2.05, 4.69) is 50.0 Å². The number of nitrogens with zero attached hydrogens (tertiary/aromatic N) is 6. The molecule has 0 atom stereocenters. The number of hydrogen-bond acceptors (Lipinski definition) is 8. The van der Waals surface area contributed by atoms with Crippen LogP contribution in [0.1, 0.15) is 22.8 Å². The summed E-state index contributed by atoms with van der Waals surface area (Å²) in [6, 6.07) is 13.8. The maximum Gasteiger partial charge on any atom is 0.218 e. The first-order valence-corrected chi connectivity index (χ1v) is 11.9. The van der Waals surface area contributed by atoms with Gasteiger partial charge in [0.2, 0.25) is 5.88 Å². The minimum Gasteiger partial charge on any atom is -0.477 e. The third-order valence-corrected chi connectivity index (χ3v) is 6.09. The van der Waals surface area contributed by atoms with E-state index in [0.717, 1.165) is 46.9 Å². The van der Waals surface area contributed by atoms with E-state index in [4.69, 9.17) is 14.5 Å². The molecule has 0 aliphatic carbocycles. The zero-order valence-corrected chi connectivity index (χ0v) is 20.1. The number of hydrogen-bond donors (Lipinski definition) is 1. The van der Waals surface area contributed by atoms with Gasteiger partial charge in [-0.2, -0.15) is 15.2 Å². The Bertz CT molecular complexity index is 1310. The summed E-state index contributed by atoms with van der Waals surface area (Å²) in [7, 11) is 0. The number of aromatic amines is 1. The fraction of sp³-hybridized carbons (Fsp3) is 0.346. The van der Waals surface area contributed by atoms with Crippen LogP contribution in [-0.4, -0.2) is 52.8 Å². The minimum absolute atomic E-state index is 0.262. The number of ether oxygens (including phenoxy) is 2. The van der Waals surface area contributed by atoms with E-state index >= 15 is 0 Å². The van der Waals surface area contributed by atoms with Crippen LogP contribution in [-0.2, 0) is 17.7 Å². The summed E-state index contributed by atoms with van der Waals surface area (Å²) in [6.45, 7) is 7.83. The molecule has 180 valence electrons. The second kappa shape index (κ2) is 10.6. The van der Waals surface area contributed by atoms with E-state index in [1.807, 2.05) is 36.4 Å². The lowest BCUT2D eigenvalue weighted by molar-refractivity contribution is 0.122. The van der Waals surface area contributed by atoms with Gasteiger partial charge in [-0.05, 0) is 49.7 Å². The summed E-state index contributed by atoms with van der Waals surface area (Å²) in [5, 5.41) is 9.98. The van der Waals surface area contributed by atoms with Crippen LogP contribution in [0.15, 0.2) is 58.9 Å². The van der Waals surface area contributed by atoms with Gasteiger partial charge in [0.05, 0.1) is 25.5 Å². The molecule has 1 N–H and O–H groups in total. The quantitative estimate of drug-likeness (QED) is 0.374. The molecule has 0 amide bonds. The molecule has 1 aromatic carbocycles. The van der Waals surface area contributed by atoms with Crippen LogP contribution < -0.4 is 9.64 Å². The number of pyridine rings is 1. The number of benzene rings is 1. The molecular formula is C26H29N7O2. The van der Waals surface area contributed by atoms with Gasteiger partial charge in [0, 0.05) is 54.1 Å². The van der Waals surface area contributed by atoms with Crippen LogP contribution in [0.2, 0.25) is 0 Å². The molecule has 0 radical (unpaired) electrons. The van der Waals surface area contributed by atoms with Gasteiger partial charge in [-0.25, -0.2) is 4.98 Å². The van der Waals surface area contributed by atoms with Gasteiger partial charge in [0.15, 0.2) is 5.82 Å². The summed E-state index contributed by atoms with van der Waals surface area (Å²) < 4.78 is 11.5. The van der Waals surface area contributed by atoms with Gasteiger partial charge in [-0.15, -0.1) is 0 Å². The zero-order chi connectivity index (χ0) is 24.0. The van der Waals surface area contributed by atoms with Gasteiger partial charge in [0.1, 0.15) is 12.4 Å². The number of aryl methyl sites for hydroxylation is 2. The Kier molecular flexibility index (Phi) is 6.94. The van der Waals surface area contributed by atoms with Crippen LogP contribution in [0.4, 0.5) is 11.5 Å². The molecule has 4 aromatic rings. The van der Waals surface area contributed by atoms with Crippen molar-refractivity contribution in [3.05, 3.63) is 71.4 Å². The summed E-state index contributed by atoms with van der Waals surface area (Å²) >= 11 is 0. The molecule has 0 unspecified atom stereocenters. The number of anilines is 1. The van der Waals surface area contributed by atoms with E-state index < -0.39 is 0 Å². The molecule has 5 rings (SSSR count). The lowest BCUT2D eigenvalue weighted by Gasteiger charge is -2.28. The number of morpholine rings is 1. The van der Waals surface area contributed by atoms with E-state index in [0.29, 0.717) is 37.9 Å². The largest absolute Gasteiger partial charge is 0.477 e. The van der Waals surface area contributed by atoms with Gasteiger partial charge in [0.25, 0.3) is 0 Å². The lowest BCUT2D eigenvalue weighted by atomic mass is 10.1. The highest BCUT2D eigenvalue weighted by Crippen LogP contribution is 2.26. The molecule has 1 aliphatic rings. The predicted molar refractivity (Wildman–Crippen MR) is 134 cm³/mol. The molecule has 0 spiro atoms. The number of azo groups is 1. The number of H-pyrrole nitrogens is 1. The number of rotatable bonds is 8. The molecule has 0 saturated carbocycles. The number of nitrogens with one attached hydrogen (secondary N) is 1. The molecule has 1 saturated heterocycles. The Morgan fingerprint density at radius 3 is 2.80 bits per heavy atom. The van der Waals surface area contributed by atoms with Crippen molar-refractivity contribution in [3.8, 4) is 5.88 Å². The minimum atomic E-state index is 0.262. The van der Waals surface area contributed by atoms with Crippen LogP contribution in [0.3, 0.4) is 0 Å². The first kappa shape index (κ1) is 22.9. The van der Waals surface area contributed by atoms with Crippen molar-refractivity contribution < 1.29 is 9.47 Å². The molecular weight excluding hydrogens is 442 g/mol. The Labute approximate surface area is 204 Å². The SMILES string of the molecule is Cc1[nH]c2ccc(N=NCc3nc(OCCc4ccccn4)cc(N4CCOCC4)n3)cc2c1C. The predicted octanol–water partition coefficient (Wildman–Crippen LogP) is 4.71. The van der Waals surface area contributed by atoms with Crippen LogP contribution in [0, 0.1) is 13.8 Å². The van der Waals surface area contributed by atoms with Crippen molar-refractivity contribution in [3.63, 3.8) is 0 Å². The summed E-state index contributed by atoms with van der Waals surface area (Å²) in [5.41, 5.74) is 5.28. The number of fused-ring (bicyclic) bond motifs is 1. The third kappa shape index (κ3) is 5.63. The van der Waals surface area contributed by atoms with E-state index in [1.165, 1.54) is 5.56 Å². The Morgan fingerprint density at radius 1 is 1.09 bits per heavy atom. The first-order valence-electron chi connectivity index (χ1n) is 11.9. The highest BCUT2D eigenvalue weighted by molar-refractivity contribution is 5.86. The molecule has 0 bridgehead atoms. The maximum absolute atomic E-state index is 5.99. The van der Waals surface area contributed by atoms with Crippen molar-refractivity contribution in [2.45, 2.75) is 26.8 Å². The molecule has 3 aromatic heterocycles. The molecule has 1 fully saturated rings. The van der Waals surface area contributed by atoms with E-state index in [-0.39, 0.29) is 6.54 Å². The van der Waals surface area contributed by atoms with Crippen molar-refractivity contribution >= 4 is 22.4 Å². The van der Waals surface area contributed by atoms with Crippen molar-refractivity contribution in [2.24, 2.45) is 10.2 Å². The summed E-state index contributed by atoms with van der Waals surface area (Å²) in [6.07, 6.45) is 2.49. The average Bonchev–Trinajstić information content (AvgIpc) is 3.18. The normalized spacial score (nSPS) is 14.2. The van der Waals surface area contributed by atoms with Crippen LogP contribution in [0.5, 0.6) is 5.88 Å². The molecule has 1 aliphatic heterocycles. The summed E-state index contributed by atoms with van der Waals surface area (Å²) in [5.74, 6) is 1.92. The van der Waals surface area contributed by atoms with Gasteiger partial charge < -0.3 is 19.4 Å². The average molecular weight is 472 g/mol. The maximum atomic E-state index is 5.99. The molecule has 9 heteroatoms. The molecule has 4 heterocycles. The Balaban J connectivity index is 1.31. The van der Waals surface area contributed by atoms with Crippen molar-refractivity contribution in [2.75, 3.05) is 37.8 Å². The van der Waals surface area contributed by atoms with Crippen LogP contribution in [0.25, 0.3) is 10.9 Å². The molecule has 35 heavy (non-hydrogen) atoms. The van der Waals surface area contributed by atoms with Gasteiger partial charge in [-0.3, -0.25) is 4.98 Å². The second-order valence-corrected chi connectivity index (χ2v) is 8.50. The Morgan fingerprint density at radius 2 is 1.97 bits per heavy atom. The fourth-order valence-corrected chi connectivity index (χ4v) is 4.06. The van der Waals surface area contributed by atoms with Gasteiger partial charge in [-0.1, -0.05) is 6.07 Å².